The number of likely N-dealkylation sites (tertiary alicyclic amines) is 3. The normalized spacial score (nSPS) is 18.7. The molecule has 0 aromatic rings. The van der Waals surface area contributed by atoms with E-state index >= 15 is 0 Å². The summed E-state index contributed by atoms with van der Waals surface area (Å²) in [6, 6.07) is 0. The van der Waals surface area contributed by atoms with Crippen molar-refractivity contribution in [2.24, 2.45) is 17.8 Å². The van der Waals surface area contributed by atoms with Gasteiger partial charge in [0.1, 0.15) is 6.61 Å². The van der Waals surface area contributed by atoms with Crippen LogP contribution >= 0.6 is 0 Å². The number of methoxy groups -OCH3 is 1. The minimum atomic E-state index is 0.122. The maximum absolute atomic E-state index is 11.1. The Morgan fingerprint density at radius 1 is 0.906 bits per heavy atom. The molecule has 0 aromatic carbocycles. The van der Waals surface area contributed by atoms with Gasteiger partial charge in [0.15, 0.2) is 0 Å². The second-order valence-electron chi connectivity index (χ2n) is 8.46. The maximum atomic E-state index is 11.1. The molecule has 0 saturated carbocycles. The number of carbonyl (C=O) groups is 2. The Morgan fingerprint density at radius 2 is 1.38 bits per heavy atom. The average molecular weight is 458 g/mol. The summed E-state index contributed by atoms with van der Waals surface area (Å²) >= 11 is 0. The first-order valence-corrected chi connectivity index (χ1v) is 13.2. The minimum Gasteiger partial charge on any atom is -0.375 e. The van der Waals surface area contributed by atoms with E-state index in [0.29, 0.717) is 0 Å². The Labute approximate surface area is 200 Å². The molecule has 0 N–H and O–H groups in total. The molecule has 6 heteroatoms. The van der Waals surface area contributed by atoms with E-state index in [-0.39, 0.29) is 12.5 Å². The predicted octanol–water partition coefficient (Wildman–Crippen LogP) is 4.78. The SMILES string of the molecule is CC.CC.CCC1CN(C(=O)COC)C1.CCC1CN(C=O)C1.CCN1CCC(C)CC1. The fourth-order valence-electron chi connectivity index (χ4n) is 3.58. The minimum absolute atomic E-state index is 0.122. The van der Waals surface area contributed by atoms with Crippen LogP contribution in [0.4, 0.5) is 0 Å². The lowest BCUT2D eigenvalue weighted by Crippen LogP contribution is -2.50. The number of ether oxygens (including phenoxy) is 1. The zero-order valence-corrected chi connectivity index (χ0v) is 22.9. The lowest BCUT2D eigenvalue weighted by Gasteiger charge is -2.38. The van der Waals surface area contributed by atoms with Gasteiger partial charge in [-0.3, -0.25) is 9.59 Å². The lowest BCUT2D eigenvalue weighted by atomic mass is 9.97. The number of hydrogen-bond acceptors (Lipinski definition) is 4. The summed E-state index contributed by atoms with van der Waals surface area (Å²) in [5.74, 6) is 2.63. The van der Waals surface area contributed by atoms with Gasteiger partial charge in [-0.15, -0.1) is 0 Å². The van der Waals surface area contributed by atoms with E-state index in [2.05, 4.69) is 32.6 Å². The summed E-state index contributed by atoms with van der Waals surface area (Å²) < 4.78 is 4.74. The monoisotopic (exact) mass is 457 g/mol. The largest absolute Gasteiger partial charge is 0.375 e. The lowest BCUT2D eigenvalue weighted by molar-refractivity contribution is -0.141. The van der Waals surface area contributed by atoms with Crippen molar-refractivity contribution in [3.63, 3.8) is 0 Å². The van der Waals surface area contributed by atoms with Gasteiger partial charge in [-0.2, -0.15) is 0 Å². The second-order valence-corrected chi connectivity index (χ2v) is 8.46. The molecule has 0 unspecified atom stereocenters. The molecule has 3 rings (SSSR count). The van der Waals surface area contributed by atoms with Gasteiger partial charge >= 0.3 is 0 Å². The Balaban J connectivity index is 0. The Bertz CT molecular complexity index is 428. The van der Waals surface area contributed by atoms with Gasteiger partial charge < -0.3 is 19.4 Å². The number of carbonyl (C=O) groups excluding carboxylic acids is 2. The molecule has 3 aliphatic heterocycles. The highest BCUT2D eigenvalue weighted by Gasteiger charge is 2.28. The third-order valence-electron chi connectivity index (χ3n) is 6.19. The predicted molar refractivity (Wildman–Crippen MR) is 137 cm³/mol. The van der Waals surface area contributed by atoms with E-state index in [1.54, 1.807) is 12.0 Å². The molecule has 6 nitrogen and oxygen atoms in total. The quantitative estimate of drug-likeness (QED) is 0.539. The summed E-state index contributed by atoms with van der Waals surface area (Å²) in [5, 5.41) is 0. The zero-order chi connectivity index (χ0) is 24.9. The van der Waals surface area contributed by atoms with Gasteiger partial charge in [0.25, 0.3) is 0 Å². The van der Waals surface area contributed by atoms with Crippen molar-refractivity contribution < 1.29 is 14.3 Å². The van der Waals surface area contributed by atoms with Crippen LogP contribution in [-0.4, -0.2) is 86.5 Å². The summed E-state index contributed by atoms with van der Waals surface area (Å²) in [6.45, 7) is 24.9. The van der Waals surface area contributed by atoms with E-state index < -0.39 is 0 Å². The average Bonchev–Trinajstić information content (AvgIpc) is 2.77. The second kappa shape index (κ2) is 21.7. The molecule has 0 aromatic heterocycles. The van der Waals surface area contributed by atoms with Crippen molar-refractivity contribution in [2.45, 2.75) is 81.1 Å². The van der Waals surface area contributed by atoms with Gasteiger partial charge in [0.05, 0.1) is 0 Å². The highest BCUT2D eigenvalue weighted by atomic mass is 16.5. The summed E-state index contributed by atoms with van der Waals surface area (Å²) in [7, 11) is 1.55. The standard InChI is InChI=1S/C8H15NO2.C8H17N.C6H11NO.2C2H6/c1-3-7-4-9(5-7)8(10)6-11-2;1-3-9-6-4-8(2)5-7-9;1-2-6-3-7(4-6)5-8;2*1-2/h7H,3-6H2,1-2H3;8H,3-7H2,1-2H3;5-6H,2-4H2,1H3;2*1-2H3. The molecule has 0 radical (unpaired) electrons. The van der Waals surface area contributed by atoms with E-state index in [1.165, 1.54) is 45.3 Å². The van der Waals surface area contributed by atoms with Crippen molar-refractivity contribution in [1.82, 2.24) is 14.7 Å². The molecule has 2 amide bonds. The highest BCUT2D eigenvalue weighted by Crippen LogP contribution is 2.18. The van der Waals surface area contributed by atoms with Crippen LogP contribution in [0.3, 0.4) is 0 Å². The third-order valence-corrected chi connectivity index (χ3v) is 6.19. The van der Waals surface area contributed by atoms with Crippen molar-refractivity contribution in [3.8, 4) is 0 Å². The van der Waals surface area contributed by atoms with Crippen LogP contribution in [0.2, 0.25) is 0 Å². The topological polar surface area (TPSA) is 53.1 Å². The van der Waals surface area contributed by atoms with Crippen LogP contribution in [-0.2, 0) is 14.3 Å². The highest BCUT2D eigenvalue weighted by molar-refractivity contribution is 5.78. The number of amides is 2. The molecule has 0 atom stereocenters. The van der Waals surface area contributed by atoms with Crippen LogP contribution in [0.15, 0.2) is 0 Å². The van der Waals surface area contributed by atoms with E-state index in [9.17, 15) is 9.59 Å². The summed E-state index contributed by atoms with van der Waals surface area (Å²) in [5.41, 5.74) is 0. The number of nitrogens with zero attached hydrogens (tertiary/aromatic N) is 3. The molecule has 3 aliphatic rings. The molecule has 0 aliphatic carbocycles. The smallest absolute Gasteiger partial charge is 0.248 e. The molecule has 0 bridgehead atoms. The Hall–Kier alpha value is -1.14. The van der Waals surface area contributed by atoms with Gasteiger partial charge in [-0.05, 0) is 63.1 Å². The van der Waals surface area contributed by atoms with E-state index in [0.717, 1.165) is 50.3 Å². The number of piperidine rings is 1. The van der Waals surface area contributed by atoms with Gasteiger partial charge in [-0.1, -0.05) is 55.4 Å². The molecule has 3 fully saturated rings. The van der Waals surface area contributed by atoms with Crippen molar-refractivity contribution in [3.05, 3.63) is 0 Å². The van der Waals surface area contributed by atoms with Gasteiger partial charge in [0, 0.05) is 33.3 Å². The molecule has 32 heavy (non-hydrogen) atoms. The molecule has 3 heterocycles. The van der Waals surface area contributed by atoms with Crippen LogP contribution in [0.25, 0.3) is 0 Å². The molecule has 3 saturated heterocycles. The summed E-state index contributed by atoms with van der Waals surface area (Å²) in [4.78, 5) is 27.2. The van der Waals surface area contributed by atoms with E-state index in [4.69, 9.17) is 4.74 Å². The first-order chi connectivity index (χ1) is 15.5. The molecule has 192 valence electrons. The van der Waals surface area contributed by atoms with Crippen LogP contribution < -0.4 is 0 Å². The third kappa shape index (κ3) is 14.1. The first-order valence-electron chi connectivity index (χ1n) is 13.2. The Morgan fingerprint density at radius 3 is 1.75 bits per heavy atom. The zero-order valence-electron chi connectivity index (χ0n) is 22.9. The van der Waals surface area contributed by atoms with Gasteiger partial charge in [0.2, 0.25) is 12.3 Å². The summed E-state index contributed by atoms with van der Waals surface area (Å²) in [6.07, 6.45) is 6.13. The first kappa shape index (κ1) is 33.0. The van der Waals surface area contributed by atoms with Crippen LogP contribution in [0, 0.1) is 17.8 Å². The molecule has 0 spiro atoms. The van der Waals surface area contributed by atoms with Crippen molar-refractivity contribution in [2.75, 3.05) is 59.5 Å². The number of hydrogen-bond donors (Lipinski definition) is 0. The Kier molecular flexibility index (Phi) is 22.4. The van der Waals surface area contributed by atoms with Crippen LogP contribution in [0.1, 0.15) is 81.1 Å². The van der Waals surface area contributed by atoms with Crippen molar-refractivity contribution >= 4 is 12.3 Å². The maximum Gasteiger partial charge on any atom is 0.248 e. The van der Waals surface area contributed by atoms with Crippen LogP contribution in [0.5, 0.6) is 0 Å². The number of rotatable bonds is 6. The molecular weight excluding hydrogens is 402 g/mol. The fourth-order valence-corrected chi connectivity index (χ4v) is 3.58. The van der Waals surface area contributed by atoms with Crippen molar-refractivity contribution in [1.29, 1.82) is 0 Å². The fraction of sp³-hybridized carbons (Fsp3) is 0.923. The molecular formula is C26H55N3O3. The van der Waals surface area contributed by atoms with Gasteiger partial charge in [-0.25, -0.2) is 0 Å². The van der Waals surface area contributed by atoms with E-state index in [1.807, 2.05) is 32.6 Å².